The average molecular weight is 359 g/mol. The lowest BCUT2D eigenvalue weighted by molar-refractivity contribution is 0.450. The van der Waals surface area contributed by atoms with Crippen molar-refractivity contribution in [2.75, 3.05) is 0 Å². The van der Waals surface area contributed by atoms with Gasteiger partial charge in [-0.05, 0) is 38.5 Å². The Labute approximate surface area is 159 Å². The van der Waals surface area contributed by atoms with Crippen LogP contribution in [0.15, 0.2) is 65.1 Å². The van der Waals surface area contributed by atoms with Crippen LogP contribution >= 0.6 is 0 Å². The Bertz CT molecular complexity index is 1010. The predicted octanol–water partition coefficient (Wildman–Crippen LogP) is 5.15. The lowest BCUT2D eigenvalue weighted by atomic mass is 10.1. The third-order valence-electron chi connectivity index (χ3n) is 5.16. The number of aryl methyl sites for hydroxylation is 1. The highest BCUT2D eigenvalue weighted by Gasteiger charge is 2.15. The van der Waals surface area contributed by atoms with Crippen molar-refractivity contribution in [2.45, 2.75) is 39.9 Å². The van der Waals surface area contributed by atoms with Gasteiger partial charge in [0, 0.05) is 23.2 Å². The van der Waals surface area contributed by atoms with Crippen LogP contribution in [-0.4, -0.2) is 9.78 Å². The van der Waals surface area contributed by atoms with E-state index in [1.54, 1.807) is 0 Å². The second kappa shape index (κ2) is 7.41. The van der Waals surface area contributed by atoms with E-state index in [-0.39, 0.29) is 6.04 Å². The van der Waals surface area contributed by atoms with Gasteiger partial charge in [-0.1, -0.05) is 48.5 Å². The SMILES string of the molecule is Cc1nn(Cc2ccccc2)c(C)c1CNC(C)c1cc2ccccc2o1. The maximum atomic E-state index is 5.98. The van der Waals surface area contributed by atoms with Gasteiger partial charge in [0.2, 0.25) is 0 Å². The Morgan fingerprint density at radius 1 is 1.04 bits per heavy atom. The Balaban J connectivity index is 1.47. The largest absolute Gasteiger partial charge is 0.459 e. The molecule has 0 amide bonds. The number of aromatic nitrogens is 2. The zero-order valence-electron chi connectivity index (χ0n) is 16.1. The molecule has 0 radical (unpaired) electrons. The first-order valence-electron chi connectivity index (χ1n) is 9.40. The summed E-state index contributed by atoms with van der Waals surface area (Å²) >= 11 is 0. The molecular weight excluding hydrogens is 334 g/mol. The number of nitrogens with zero attached hydrogens (tertiary/aromatic N) is 2. The van der Waals surface area contributed by atoms with Crippen LogP contribution in [-0.2, 0) is 13.1 Å². The van der Waals surface area contributed by atoms with Crippen molar-refractivity contribution in [3.63, 3.8) is 0 Å². The van der Waals surface area contributed by atoms with Gasteiger partial charge in [0.25, 0.3) is 0 Å². The van der Waals surface area contributed by atoms with Crippen LogP contribution in [0.5, 0.6) is 0 Å². The van der Waals surface area contributed by atoms with Gasteiger partial charge >= 0.3 is 0 Å². The molecule has 27 heavy (non-hydrogen) atoms. The molecule has 1 N–H and O–H groups in total. The van der Waals surface area contributed by atoms with E-state index in [1.807, 2.05) is 24.3 Å². The zero-order chi connectivity index (χ0) is 18.8. The first-order chi connectivity index (χ1) is 13.1. The minimum atomic E-state index is 0.133. The lowest BCUT2D eigenvalue weighted by Gasteiger charge is -2.12. The summed E-state index contributed by atoms with van der Waals surface area (Å²) in [5.74, 6) is 0.961. The van der Waals surface area contributed by atoms with Crippen LogP contribution in [0, 0.1) is 13.8 Å². The van der Waals surface area contributed by atoms with E-state index < -0.39 is 0 Å². The number of hydrogen-bond donors (Lipinski definition) is 1. The molecule has 1 atom stereocenters. The predicted molar refractivity (Wildman–Crippen MR) is 109 cm³/mol. The van der Waals surface area contributed by atoms with Crippen LogP contribution in [0.2, 0.25) is 0 Å². The van der Waals surface area contributed by atoms with Gasteiger partial charge in [-0.2, -0.15) is 5.10 Å². The minimum Gasteiger partial charge on any atom is -0.459 e. The van der Waals surface area contributed by atoms with E-state index in [1.165, 1.54) is 16.8 Å². The van der Waals surface area contributed by atoms with Crippen LogP contribution < -0.4 is 5.32 Å². The molecule has 0 saturated carbocycles. The van der Waals surface area contributed by atoms with E-state index >= 15 is 0 Å². The summed E-state index contributed by atoms with van der Waals surface area (Å²) in [5.41, 5.74) is 5.74. The molecule has 4 rings (SSSR count). The number of benzene rings is 2. The molecule has 4 heteroatoms. The Morgan fingerprint density at radius 2 is 1.78 bits per heavy atom. The molecule has 0 aliphatic carbocycles. The second-order valence-electron chi connectivity index (χ2n) is 7.08. The number of nitrogens with one attached hydrogen (secondary N) is 1. The van der Waals surface area contributed by atoms with Crippen LogP contribution in [0.25, 0.3) is 11.0 Å². The van der Waals surface area contributed by atoms with Gasteiger partial charge in [-0.15, -0.1) is 0 Å². The quantitative estimate of drug-likeness (QED) is 0.518. The third kappa shape index (κ3) is 3.67. The third-order valence-corrected chi connectivity index (χ3v) is 5.16. The summed E-state index contributed by atoms with van der Waals surface area (Å²) < 4.78 is 8.07. The first kappa shape index (κ1) is 17.6. The lowest BCUT2D eigenvalue weighted by Crippen LogP contribution is -2.18. The average Bonchev–Trinajstić information content (AvgIpc) is 3.22. The fraction of sp³-hybridized carbons (Fsp3) is 0.261. The number of para-hydroxylation sites is 1. The molecule has 0 aliphatic rings. The summed E-state index contributed by atoms with van der Waals surface area (Å²) in [5, 5.41) is 9.47. The molecule has 1 unspecified atom stereocenters. The van der Waals surface area contributed by atoms with Gasteiger partial charge in [0.05, 0.1) is 18.3 Å². The summed E-state index contributed by atoms with van der Waals surface area (Å²) in [6, 6.07) is 20.8. The first-order valence-corrected chi connectivity index (χ1v) is 9.40. The molecule has 4 aromatic rings. The molecule has 0 saturated heterocycles. The van der Waals surface area contributed by atoms with E-state index in [4.69, 9.17) is 9.52 Å². The highest BCUT2D eigenvalue weighted by molar-refractivity contribution is 5.77. The van der Waals surface area contributed by atoms with Crippen molar-refractivity contribution in [3.8, 4) is 0 Å². The fourth-order valence-corrected chi connectivity index (χ4v) is 3.47. The van der Waals surface area contributed by atoms with Crippen molar-refractivity contribution in [3.05, 3.63) is 88.9 Å². The number of fused-ring (bicyclic) bond motifs is 1. The van der Waals surface area contributed by atoms with Gasteiger partial charge < -0.3 is 9.73 Å². The summed E-state index contributed by atoms with van der Waals surface area (Å²) in [4.78, 5) is 0. The normalized spacial score (nSPS) is 12.6. The molecule has 0 bridgehead atoms. The maximum Gasteiger partial charge on any atom is 0.134 e. The zero-order valence-corrected chi connectivity index (χ0v) is 16.1. The number of hydrogen-bond acceptors (Lipinski definition) is 3. The van der Waals surface area contributed by atoms with E-state index in [2.05, 4.69) is 67.2 Å². The Kier molecular flexibility index (Phi) is 4.82. The number of rotatable bonds is 6. The van der Waals surface area contributed by atoms with Gasteiger partial charge in [0.15, 0.2) is 0 Å². The van der Waals surface area contributed by atoms with Crippen molar-refractivity contribution in [2.24, 2.45) is 0 Å². The highest BCUT2D eigenvalue weighted by atomic mass is 16.3. The molecule has 0 aliphatic heterocycles. The molecule has 2 heterocycles. The highest BCUT2D eigenvalue weighted by Crippen LogP contribution is 2.24. The van der Waals surface area contributed by atoms with Gasteiger partial charge in [0.1, 0.15) is 11.3 Å². The number of furan rings is 1. The molecular formula is C23H25N3O. The summed E-state index contributed by atoms with van der Waals surface area (Å²) in [6.07, 6.45) is 0. The monoisotopic (exact) mass is 359 g/mol. The van der Waals surface area contributed by atoms with E-state index in [9.17, 15) is 0 Å². The molecule has 0 fully saturated rings. The van der Waals surface area contributed by atoms with Crippen molar-refractivity contribution < 1.29 is 4.42 Å². The van der Waals surface area contributed by atoms with Crippen LogP contribution in [0.1, 0.15) is 41.2 Å². The van der Waals surface area contributed by atoms with Crippen molar-refractivity contribution in [1.29, 1.82) is 0 Å². The molecule has 138 valence electrons. The fourth-order valence-electron chi connectivity index (χ4n) is 3.47. The molecule has 2 aromatic heterocycles. The molecule has 2 aromatic carbocycles. The van der Waals surface area contributed by atoms with Gasteiger partial charge in [-0.25, -0.2) is 0 Å². The van der Waals surface area contributed by atoms with Crippen molar-refractivity contribution in [1.82, 2.24) is 15.1 Å². The smallest absolute Gasteiger partial charge is 0.134 e. The molecule has 4 nitrogen and oxygen atoms in total. The van der Waals surface area contributed by atoms with Gasteiger partial charge in [-0.3, -0.25) is 4.68 Å². The topological polar surface area (TPSA) is 43.0 Å². The van der Waals surface area contributed by atoms with E-state index in [0.29, 0.717) is 0 Å². The standard InChI is InChI=1S/C23H25N3O/c1-16-21(18(3)26(25-16)15-19-9-5-4-6-10-19)14-24-17(2)23-13-20-11-7-8-12-22(20)27-23/h4-13,17,24H,14-15H2,1-3H3. The summed E-state index contributed by atoms with van der Waals surface area (Å²) in [7, 11) is 0. The van der Waals surface area contributed by atoms with E-state index in [0.717, 1.165) is 35.5 Å². The van der Waals surface area contributed by atoms with Crippen LogP contribution in [0.4, 0.5) is 0 Å². The Hall–Kier alpha value is -2.85. The second-order valence-corrected chi connectivity index (χ2v) is 7.08. The molecule has 0 spiro atoms. The van der Waals surface area contributed by atoms with Crippen molar-refractivity contribution >= 4 is 11.0 Å². The summed E-state index contributed by atoms with van der Waals surface area (Å²) in [6.45, 7) is 7.93. The maximum absolute atomic E-state index is 5.98. The minimum absolute atomic E-state index is 0.133. The van der Waals surface area contributed by atoms with Crippen LogP contribution in [0.3, 0.4) is 0 Å². The Morgan fingerprint density at radius 3 is 2.56 bits per heavy atom.